The second-order valence-corrected chi connectivity index (χ2v) is 8.23. The Morgan fingerprint density at radius 2 is 1.04 bits per heavy atom. The molecule has 0 atom stereocenters. The Morgan fingerprint density at radius 1 is 0.680 bits per heavy atom. The van der Waals surface area contributed by atoms with Gasteiger partial charge in [0.1, 0.15) is 6.54 Å². The molecule has 0 unspecified atom stereocenters. The number of nitrogens with zero attached hydrogens (tertiary/aromatic N) is 1. The third-order valence-electron chi connectivity index (χ3n) is 5.33. The summed E-state index contributed by atoms with van der Waals surface area (Å²) in [5.74, 6) is 0.253. The predicted octanol–water partition coefficient (Wildman–Crippen LogP) is 5.84. The second-order valence-electron chi connectivity index (χ2n) is 8.23. The Bertz CT molecular complexity index is 302. The van der Waals surface area contributed by atoms with E-state index in [1.54, 1.807) is 0 Å². The molecular weight excluding hydrogens is 310 g/mol. The van der Waals surface area contributed by atoms with E-state index < -0.39 is 0 Å². The highest BCUT2D eigenvalue weighted by molar-refractivity contribution is 5.68. The third kappa shape index (κ3) is 15.6. The normalized spacial score (nSPS) is 11.8. The van der Waals surface area contributed by atoms with Crippen LogP contribution in [0.5, 0.6) is 0 Å². The van der Waals surface area contributed by atoms with E-state index in [1.165, 1.54) is 89.9 Å². The molecule has 0 aliphatic rings. The minimum absolute atomic E-state index is 0.0809. The molecule has 3 heteroatoms. The number of hydrogen-bond donors (Lipinski definition) is 1. The third-order valence-corrected chi connectivity index (χ3v) is 5.33. The highest BCUT2D eigenvalue weighted by atomic mass is 16.3. The van der Waals surface area contributed by atoms with Gasteiger partial charge in [0.05, 0.1) is 27.1 Å². The van der Waals surface area contributed by atoms with Gasteiger partial charge < -0.3 is 5.11 Å². The lowest BCUT2D eigenvalue weighted by Crippen LogP contribution is -2.47. The lowest BCUT2D eigenvalue weighted by Gasteiger charge is -2.25. The molecule has 0 aromatic carbocycles. The van der Waals surface area contributed by atoms with Crippen LogP contribution in [0.1, 0.15) is 110 Å². The molecule has 0 aromatic heterocycles. The molecule has 0 saturated heterocycles. The topological polar surface area (TPSA) is 37.3 Å². The van der Waals surface area contributed by atoms with Crippen molar-refractivity contribution in [2.24, 2.45) is 0 Å². The first-order valence-electron chi connectivity index (χ1n) is 11.0. The van der Waals surface area contributed by atoms with E-state index in [2.05, 4.69) is 6.92 Å². The summed E-state index contributed by atoms with van der Waals surface area (Å²) >= 11 is 0. The molecule has 0 saturated carbocycles. The zero-order valence-electron chi connectivity index (χ0n) is 17.5. The molecule has 0 heterocycles. The number of carbonyl (C=O) groups is 1. The molecule has 0 fully saturated rings. The van der Waals surface area contributed by atoms with Crippen LogP contribution in [0.15, 0.2) is 0 Å². The fourth-order valence-corrected chi connectivity index (χ4v) is 3.32. The Hall–Kier alpha value is -0.410. The van der Waals surface area contributed by atoms with Crippen LogP contribution in [0.25, 0.3) is 0 Å². The number of quaternary nitrogens is 1. The van der Waals surface area contributed by atoms with Crippen LogP contribution in [0.4, 0.5) is 0 Å². The van der Waals surface area contributed by atoms with Crippen molar-refractivity contribution >= 4 is 5.91 Å². The van der Waals surface area contributed by atoms with Gasteiger partial charge in [-0.05, 0) is 6.42 Å². The number of aliphatic hydroxyl groups excluding tert-OH is 1. The standard InChI is InChI=1S/C22H46NO2/c1-4-5-6-7-8-9-10-11-12-13-14-15-16-17-18-19-22(25)23(2,3)20-21-24/h24H,4-21H2,1-3H3/q+1. The molecule has 150 valence electrons. The molecule has 0 aromatic rings. The first kappa shape index (κ1) is 24.6. The SMILES string of the molecule is CCCCCCCCCCCCCCCCCC(=O)[N+](C)(C)CCO. The van der Waals surface area contributed by atoms with Gasteiger partial charge in [0.25, 0.3) is 0 Å². The maximum atomic E-state index is 12.0. The number of amides is 1. The predicted molar refractivity (Wildman–Crippen MR) is 109 cm³/mol. The molecule has 3 nitrogen and oxygen atoms in total. The van der Waals surface area contributed by atoms with Gasteiger partial charge in [0.2, 0.25) is 0 Å². The van der Waals surface area contributed by atoms with Crippen molar-refractivity contribution in [3.8, 4) is 0 Å². The van der Waals surface area contributed by atoms with Gasteiger partial charge >= 0.3 is 5.91 Å². The van der Waals surface area contributed by atoms with Crippen molar-refractivity contribution in [1.29, 1.82) is 0 Å². The van der Waals surface area contributed by atoms with Gasteiger partial charge in [-0.2, -0.15) is 0 Å². The molecule has 1 N–H and O–H groups in total. The Balaban J connectivity index is 3.25. The fourth-order valence-electron chi connectivity index (χ4n) is 3.32. The van der Waals surface area contributed by atoms with Crippen LogP contribution in [-0.2, 0) is 4.79 Å². The van der Waals surface area contributed by atoms with Gasteiger partial charge in [0.15, 0.2) is 0 Å². The summed E-state index contributed by atoms with van der Waals surface area (Å²) in [4.78, 5) is 12.0. The lowest BCUT2D eigenvalue weighted by molar-refractivity contribution is -0.814. The maximum Gasteiger partial charge on any atom is 0.313 e. The number of carbonyl (C=O) groups excluding carboxylic acids is 1. The quantitative estimate of drug-likeness (QED) is 0.247. The van der Waals surface area contributed by atoms with Gasteiger partial charge in [0, 0.05) is 0 Å². The second kappa shape index (κ2) is 17.0. The van der Waals surface area contributed by atoms with E-state index in [1.807, 2.05) is 14.1 Å². The van der Waals surface area contributed by atoms with Crippen LogP contribution in [0.3, 0.4) is 0 Å². The van der Waals surface area contributed by atoms with Gasteiger partial charge in [-0.25, -0.2) is 4.79 Å². The molecule has 1 amide bonds. The largest absolute Gasteiger partial charge is 0.390 e. The van der Waals surface area contributed by atoms with Gasteiger partial charge in [-0.1, -0.05) is 96.8 Å². The van der Waals surface area contributed by atoms with Crippen LogP contribution < -0.4 is 0 Å². The summed E-state index contributed by atoms with van der Waals surface area (Å²) in [6.07, 6.45) is 20.9. The maximum absolute atomic E-state index is 12.0. The van der Waals surface area contributed by atoms with E-state index in [0.717, 1.165) is 6.42 Å². The first-order chi connectivity index (χ1) is 12.0. The summed E-state index contributed by atoms with van der Waals surface area (Å²) < 4.78 is 0.315. The smallest absolute Gasteiger partial charge is 0.313 e. The first-order valence-corrected chi connectivity index (χ1v) is 11.0. The number of rotatable bonds is 18. The van der Waals surface area contributed by atoms with Crippen LogP contribution in [0, 0.1) is 0 Å². The van der Waals surface area contributed by atoms with Gasteiger partial charge in [-0.15, -0.1) is 0 Å². The summed E-state index contributed by atoms with van der Waals surface area (Å²) in [6.45, 7) is 2.88. The highest BCUT2D eigenvalue weighted by Crippen LogP contribution is 2.14. The van der Waals surface area contributed by atoms with Crippen LogP contribution in [-0.4, -0.2) is 42.7 Å². The molecule has 0 spiro atoms. The fraction of sp³-hybridized carbons (Fsp3) is 0.955. The number of hydrogen-bond acceptors (Lipinski definition) is 2. The number of aliphatic hydroxyl groups is 1. The average molecular weight is 357 g/mol. The number of unbranched alkanes of at least 4 members (excludes halogenated alkanes) is 14. The van der Waals surface area contributed by atoms with E-state index in [4.69, 9.17) is 5.11 Å². The summed E-state index contributed by atoms with van der Waals surface area (Å²) in [7, 11) is 3.79. The van der Waals surface area contributed by atoms with Crippen molar-refractivity contribution < 1.29 is 14.4 Å². The molecule has 0 bridgehead atoms. The molecule has 0 rings (SSSR count). The van der Waals surface area contributed by atoms with Crippen LogP contribution in [0.2, 0.25) is 0 Å². The van der Waals surface area contributed by atoms with Crippen molar-refractivity contribution in [1.82, 2.24) is 0 Å². The number of likely N-dealkylation sites (N-methyl/N-ethyl adjacent to an activating group) is 1. The minimum Gasteiger partial charge on any atom is -0.390 e. The molecule has 0 aliphatic heterocycles. The zero-order valence-corrected chi connectivity index (χ0v) is 17.5. The average Bonchev–Trinajstić information content (AvgIpc) is 2.58. The zero-order chi connectivity index (χ0) is 18.8. The van der Waals surface area contributed by atoms with Crippen molar-refractivity contribution in [3.05, 3.63) is 0 Å². The molecular formula is C22H46NO2+. The van der Waals surface area contributed by atoms with Crippen molar-refractivity contribution in [3.63, 3.8) is 0 Å². The van der Waals surface area contributed by atoms with Crippen molar-refractivity contribution in [2.45, 2.75) is 110 Å². The molecule has 0 aliphatic carbocycles. The van der Waals surface area contributed by atoms with E-state index in [9.17, 15) is 4.79 Å². The van der Waals surface area contributed by atoms with Gasteiger partial charge in [-0.3, -0.25) is 4.48 Å². The summed E-state index contributed by atoms with van der Waals surface area (Å²) in [5.41, 5.74) is 0. The van der Waals surface area contributed by atoms with Crippen LogP contribution >= 0.6 is 0 Å². The van der Waals surface area contributed by atoms with E-state index in [0.29, 0.717) is 17.4 Å². The summed E-state index contributed by atoms with van der Waals surface area (Å²) in [6, 6.07) is 0. The molecule has 25 heavy (non-hydrogen) atoms. The van der Waals surface area contributed by atoms with E-state index >= 15 is 0 Å². The van der Waals surface area contributed by atoms with Crippen molar-refractivity contribution in [2.75, 3.05) is 27.2 Å². The monoisotopic (exact) mass is 356 g/mol. The lowest BCUT2D eigenvalue weighted by atomic mass is 10.0. The highest BCUT2D eigenvalue weighted by Gasteiger charge is 2.24. The Morgan fingerprint density at radius 3 is 1.40 bits per heavy atom. The van der Waals surface area contributed by atoms with E-state index in [-0.39, 0.29) is 12.5 Å². The summed E-state index contributed by atoms with van der Waals surface area (Å²) in [5, 5.41) is 8.99. The Labute approximate surface area is 157 Å². The Kier molecular flexibility index (Phi) is 16.7. The minimum atomic E-state index is 0.0809. The molecule has 0 radical (unpaired) electrons.